The van der Waals surface area contributed by atoms with Crippen LogP contribution >= 0.6 is 0 Å². The van der Waals surface area contributed by atoms with Gasteiger partial charge in [-0.15, -0.1) is 0 Å². The van der Waals surface area contributed by atoms with Gasteiger partial charge in [-0.1, -0.05) is 81.9 Å². The quantitative estimate of drug-likeness (QED) is 0.656. The summed E-state index contributed by atoms with van der Waals surface area (Å²) >= 11 is 0. The molecule has 0 radical (unpaired) electrons. The Morgan fingerprint density at radius 1 is 1.05 bits per heavy atom. The zero-order valence-corrected chi connectivity index (χ0v) is 14.6. The molecule has 0 rings (SSSR count). The molecule has 0 saturated heterocycles. The minimum absolute atomic E-state index is 0. The molecule has 1 amide bonds. The van der Waals surface area contributed by atoms with Gasteiger partial charge in [-0.2, -0.15) is 0 Å². The van der Waals surface area contributed by atoms with Crippen molar-refractivity contribution in [1.29, 1.82) is 0 Å². The van der Waals surface area contributed by atoms with Crippen molar-refractivity contribution in [3.8, 4) is 0 Å². The van der Waals surface area contributed by atoms with Gasteiger partial charge in [0.1, 0.15) is 0 Å². The Balaban J connectivity index is -0.000000916. The monoisotopic (exact) mass is 285 g/mol. The maximum Gasteiger partial charge on any atom is 0.219 e. The van der Waals surface area contributed by atoms with E-state index in [1.165, 1.54) is 0 Å². The highest BCUT2D eigenvalue weighted by Crippen LogP contribution is 2.27. The topological polar surface area (TPSA) is 29.1 Å². The van der Waals surface area contributed by atoms with Gasteiger partial charge in [-0.25, -0.2) is 0 Å². The van der Waals surface area contributed by atoms with Gasteiger partial charge >= 0.3 is 0 Å². The van der Waals surface area contributed by atoms with Gasteiger partial charge in [0.2, 0.25) is 5.91 Å². The van der Waals surface area contributed by atoms with E-state index in [0.29, 0.717) is 6.42 Å². The minimum Gasteiger partial charge on any atom is -0.353 e. The number of amides is 1. The molecule has 0 aliphatic heterocycles. The third kappa shape index (κ3) is 11.1. The van der Waals surface area contributed by atoms with Crippen LogP contribution in [0.15, 0.2) is 12.2 Å². The van der Waals surface area contributed by atoms with Crippen LogP contribution in [-0.2, 0) is 4.79 Å². The summed E-state index contributed by atoms with van der Waals surface area (Å²) in [6.45, 7) is 18.9. The molecule has 0 aromatic heterocycles. The molecule has 0 aromatic carbocycles. The highest BCUT2D eigenvalue weighted by molar-refractivity contribution is 5.75. The maximum atomic E-state index is 11.5. The van der Waals surface area contributed by atoms with Crippen LogP contribution in [0.2, 0.25) is 0 Å². The van der Waals surface area contributed by atoms with Gasteiger partial charge in [0.05, 0.1) is 0 Å². The van der Waals surface area contributed by atoms with Crippen molar-refractivity contribution in [2.45, 2.75) is 88.6 Å². The Hall–Kier alpha value is -0.790. The Labute approximate surface area is 128 Å². The molecule has 1 atom stereocenters. The predicted molar refractivity (Wildman–Crippen MR) is 93.0 cm³/mol. The smallest absolute Gasteiger partial charge is 0.219 e. The lowest BCUT2D eigenvalue weighted by atomic mass is 9.80. The molecule has 20 heavy (non-hydrogen) atoms. The summed E-state index contributed by atoms with van der Waals surface area (Å²) < 4.78 is 0. The summed E-state index contributed by atoms with van der Waals surface area (Å²) in [5.74, 6) is 0.133. The molecule has 0 aliphatic rings. The van der Waals surface area contributed by atoms with Crippen molar-refractivity contribution in [3.63, 3.8) is 0 Å². The fourth-order valence-corrected chi connectivity index (χ4v) is 1.69. The first-order valence-electron chi connectivity index (χ1n) is 7.62. The molecule has 0 bridgehead atoms. The first kappa shape index (κ1) is 24.2. The van der Waals surface area contributed by atoms with Crippen LogP contribution in [0.4, 0.5) is 0 Å². The van der Waals surface area contributed by atoms with Crippen LogP contribution in [0.25, 0.3) is 0 Å². The average Bonchev–Trinajstić information content (AvgIpc) is 2.34. The van der Waals surface area contributed by atoms with E-state index in [9.17, 15) is 4.79 Å². The lowest BCUT2D eigenvalue weighted by molar-refractivity contribution is -0.122. The summed E-state index contributed by atoms with van der Waals surface area (Å²) in [5, 5.41) is 3.10. The number of hydrogen-bond acceptors (Lipinski definition) is 1. The Kier molecular flexibility index (Phi) is 13.3. The molecule has 0 aliphatic carbocycles. The van der Waals surface area contributed by atoms with E-state index in [2.05, 4.69) is 59.0 Å². The second-order valence-corrected chi connectivity index (χ2v) is 6.40. The lowest BCUT2D eigenvalue weighted by Gasteiger charge is -2.32. The Morgan fingerprint density at radius 2 is 1.50 bits per heavy atom. The molecule has 1 unspecified atom stereocenters. The summed E-state index contributed by atoms with van der Waals surface area (Å²) in [7, 11) is 0. The van der Waals surface area contributed by atoms with E-state index in [1.807, 2.05) is 20.8 Å². The summed E-state index contributed by atoms with van der Waals surface area (Å²) in [6.07, 6.45) is 5.97. The molecule has 2 nitrogen and oxygen atoms in total. The Bertz CT molecular complexity index is 272. The van der Waals surface area contributed by atoms with Gasteiger partial charge in [-0.3, -0.25) is 4.79 Å². The average molecular weight is 286 g/mol. The molecule has 1 N–H and O–H groups in total. The molecule has 0 aromatic rings. The second kappa shape index (κ2) is 10.9. The zero-order chi connectivity index (χ0) is 15.7. The second-order valence-electron chi connectivity index (χ2n) is 6.40. The van der Waals surface area contributed by atoms with Gasteiger partial charge in [0.25, 0.3) is 0 Å². The number of carbonyl (C=O) groups is 1. The van der Waals surface area contributed by atoms with Crippen molar-refractivity contribution in [2.75, 3.05) is 0 Å². The number of rotatable bonds is 5. The van der Waals surface area contributed by atoms with Crippen molar-refractivity contribution < 1.29 is 4.79 Å². The van der Waals surface area contributed by atoms with Crippen molar-refractivity contribution in [3.05, 3.63) is 12.2 Å². The molecular formula is C18H39NO. The Morgan fingerprint density at radius 3 is 1.80 bits per heavy atom. The van der Waals surface area contributed by atoms with E-state index >= 15 is 0 Å². The summed E-state index contributed by atoms with van der Waals surface area (Å²) in [4.78, 5) is 11.5. The van der Waals surface area contributed by atoms with Crippen molar-refractivity contribution in [1.82, 2.24) is 5.32 Å². The third-order valence-electron chi connectivity index (χ3n) is 2.98. The standard InChI is InChI=1S/C15H29NO.C2H6.CH4/c1-8-12(16-13(17)9-2)15(6,7)11-10-14(3,4)5;1-2;/h10-12H,8-9H2,1-7H3,(H,16,17);1-2H3;1H4/b11-10+;;. The van der Waals surface area contributed by atoms with Crippen LogP contribution in [0.1, 0.15) is 82.6 Å². The lowest BCUT2D eigenvalue weighted by Crippen LogP contribution is -2.43. The van der Waals surface area contributed by atoms with Crippen molar-refractivity contribution >= 4 is 5.91 Å². The van der Waals surface area contributed by atoms with E-state index in [1.54, 1.807) is 0 Å². The summed E-state index contributed by atoms with van der Waals surface area (Å²) in [5.41, 5.74) is 0.178. The third-order valence-corrected chi connectivity index (χ3v) is 2.98. The van der Waals surface area contributed by atoms with E-state index < -0.39 is 0 Å². The van der Waals surface area contributed by atoms with Crippen LogP contribution in [0.5, 0.6) is 0 Å². The largest absolute Gasteiger partial charge is 0.353 e. The number of allylic oxidation sites excluding steroid dienone is 1. The fourth-order valence-electron chi connectivity index (χ4n) is 1.69. The highest BCUT2D eigenvalue weighted by atomic mass is 16.1. The molecular weight excluding hydrogens is 246 g/mol. The minimum atomic E-state index is -0.00708. The molecule has 0 heterocycles. The van der Waals surface area contributed by atoms with Crippen LogP contribution in [0.3, 0.4) is 0 Å². The van der Waals surface area contributed by atoms with E-state index in [4.69, 9.17) is 0 Å². The first-order chi connectivity index (χ1) is 8.62. The maximum absolute atomic E-state index is 11.5. The normalized spacial score (nSPS) is 13.1. The number of nitrogens with one attached hydrogen (secondary N) is 1. The number of carbonyl (C=O) groups excluding carboxylic acids is 1. The molecule has 0 fully saturated rings. The van der Waals surface area contributed by atoms with E-state index in [-0.39, 0.29) is 30.2 Å². The van der Waals surface area contributed by atoms with Crippen molar-refractivity contribution in [2.24, 2.45) is 10.8 Å². The fraction of sp³-hybridized carbons (Fsp3) is 0.833. The van der Waals surface area contributed by atoms with Gasteiger partial charge in [-0.05, 0) is 11.8 Å². The van der Waals surface area contributed by atoms with Gasteiger partial charge in [0, 0.05) is 17.9 Å². The van der Waals surface area contributed by atoms with E-state index in [0.717, 1.165) is 6.42 Å². The van der Waals surface area contributed by atoms with Gasteiger partial charge < -0.3 is 5.32 Å². The van der Waals surface area contributed by atoms with Crippen LogP contribution in [0, 0.1) is 10.8 Å². The molecule has 0 spiro atoms. The molecule has 2 heteroatoms. The zero-order valence-electron chi connectivity index (χ0n) is 14.6. The van der Waals surface area contributed by atoms with Gasteiger partial charge in [0.15, 0.2) is 0 Å². The summed E-state index contributed by atoms with van der Waals surface area (Å²) in [6, 6.07) is 0.202. The van der Waals surface area contributed by atoms with Crippen LogP contribution < -0.4 is 5.32 Å². The predicted octanol–water partition coefficient (Wildman–Crippen LogP) is 5.58. The van der Waals surface area contributed by atoms with Crippen LogP contribution in [-0.4, -0.2) is 11.9 Å². The molecule has 122 valence electrons. The SMILES string of the molecule is C.CC.CCC(=O)NC(CC)C(C)(C)/C=C/C(C)(C)C. The first-order valence-corrected chi connectivity index (χ1v) is 7.62. The number of hydrogen-bond donors (Lipinski definition) is 1. The molecule has 0 saturated carbocycles. The highest BCUT2D eigenvalue weighted by Gasteiger charge is 2.27.